The second kappa shape index (κ2) is 6.00. The van der Waals surface area contributed by atoms with Crippen LogP contribution in [-0.2, 0) is 10.1 Å². The van der Waals surface area contributed by atoms with Gasteiger partial charge in [0.25, 0.3) is 10.1 Å². The number of benzene rings is 2. The minimum atomic E-state index is -4.19. The summed E-state index contributed by atoms with van der Waals surface area (Å²) < 4.78 is 33.4. The number of aryl methyl sites for hydroxylation is 2. The Morgan fingerprint density at radius 3 is 1.57 bits per heavy atom. The Morgan fingerprint density at radius 1 is 0.810 bits per heavy atom. The summed E-state index contributed by atoms with van der Waals surface area (Å²) >= 11 is 0. The molecule has 2 aromatic rings. The van der Waals surface area contributed by atoms with Gasteiger partial charge in [-0.05, 0) is 25.0 Å². The summed E-state index contributed by atoms with van der Waals surface area (Å²) in [7, 11) is -4.19. The largest absolute Gasteiger partial charge is 0.285 e. The van der Waals surface area contributed by atoms with Gasteiger partial charge < -0.3 is 0 Å². The predicted molar refractivity (Wildman–Crippen MR) is 85.1 cm³/mol. The molecule has 0 amide bonds. The van der Waals surface area contributed by atoms with Crippen molar-refractivity contribution in [1.29, 1.82) is 0 Å². The van der Waals surface area contributed by atoms with Crippen molar-refractivity contribution in [3.05, 3.63) is 70.8 Å². The fourth-order valence-electron chi connectivity index (χ4n) is 2.52. The van der Waals surface area contributed by atoms with E-state index in [1.165, 1.54) is 0 Å². The second-order valence-electron chi connectivity index (χ2n) is 5.55. The molecule has 0 saturated carbocycles. The third-order valence-electron chi connectivity index (χ3n) is 3.78. The molecule has 0 aliphatic carbocycles. The number of hydrogen-bond acceptors (Lipinski definition) is 2. The zero-order valence-electron chi connectivity index (χ0n) is 12.4. The van der Waals surface area contributed by atoms with Gasteiger partial charge in [-0.2, -0.15) is 8.42 Å². The summed E-state index contributed by atoms with van der Waals surface area (Å²) in [4.78, 5) is 0. The Labute approximate surface area is 126 Å². The third kappa shape index (κ3) is 3.71. The first kappa shape index (κ1) is 15.7. The van der Waals surface area contributed by atoms with E-state index in [2.05, 4.69) is 0 Å². The lowest BCUT2D eigenvalue weighted by Gasteiger charge is -2.22. The molecule has 21 heavy (non-hydrogen) atoms. The molecule has 0 aromatic heterocycles. The molecule has 0 heterocycles. The van der Waals surface area contributed by atoms with Crippen molar-refractivity contribution < 1.29 is 13.0 Å². The van der Waals surface area contributed by atoms with Crippen molar-refractivity contribution in [2.24, 2.45) is 0 Å². The van der Waals surface area contributed by atoms with Gasteiger partial charge in [-0.1, -0.05) is 66.6 Å². The van der Waals surface area contributed by atoms with Crippen LogP contribution in [0.3, 0.4) is 0 Å². The quantitative estimate of drug-likeness (QED) is 0.867. The lowest BCUT2D eigenvalue weighted by Crippen LogP contribution is -2.18. The van der Waals surface area contributed by atoms with E-state index in [0.717, 1.165) is 16.7 Å². The van der Waals surface area contributed by atoms with Crippen molar-refractivity contribution in [3.8, 4) is 0 Å². The first-order chi connectivity index (χ1) is 9.79. The second-order valence-corrected chi connectivity index (χ2v) is 7.08. The fraction of sp³-hybridized carbons (Fsp3) is 0.294. The van der Waals surface area contributed by atoms with Crippen LogP contribution in [0.25, 0.3) is 0 Å². The highest BCUT2D eigenvalue weighted by molar-refractivity contribution is 7.86. The summed E-state index contributed by atoms with van der Waals surface area (Å²) in [5, 5.41) is -0.958. The Kier molecular flexibility index (Phi) is 4.49. The first-order valence-corrected chi connectivity index (χ1v) is 8.39. The van der Waals surface area contributed by atoms with Crippen LogP contribution in [0.4, 0.5) is 0 Å². The van der Waals surface area contributed by atoms with Gasteiger partial charge in [-0.25, -0.2) is 0 Å². The summed E-state index contributed by atoms with van der Waals surface area (Å²) in [6.07, 6.45) is 0. The zero-order valence-corrected chi connectivity index (χ0v) is 13.3. The van der Waals surface area contributed by atoms with Gasteiger partial charge in [0.05, 0.1) is 0 Å². The van der Waals surface area contributed by atoms with E-state index in [0.29, 0.717) is 5.56 Å². The Hall–Kier alpha value is -1.65. The molecule has 0 aliphatic rings. The van der Waals surface area contributed by atoms with Crippen LogP contribution in [0.2, 0.25) is 0 Å². The monoisotopic (exact) mass is 304 g/mol. The average molecular weight is 304 g/mol. The normalized spacial score (nSPS) is 14.7. The summed E-state index contributed by atoms with van der Waals surface area (Å²) in [6.45, 7) is 5.74. The maximum atomic E-state index is 11.9. The zero-order chi connectivity index (χ0) is 15.6. The Morgan fingerprint density at radius 2 is 1.19 bits per heavy atom. The summed E-state index contributed by atoms with van der Waals surface area (Å²) in [5.41, 5.74) is 3.67. The van der Waals surface area contributed by atoms with Gasteiger partial charge in [-0.15, -0.1) is 0 Å². The molecule has 1 N–H and O–H groups in total. The molecule has 4 heteroatoms. The van der Waals surface area contributed by atoms with Crippen molar-refractivity contribution in [2.75, 3.05) is 0 Å². The van der Waals surface area contributed by atoms with Crippen molar-refractivity contribution >= 4 is 10.1 Å². The summed E-state index contributed by atoms with van der Waals surface area (Å²) in [5.74, 6) is -0.330. The van der Waals surface area contributed by atoms with Crippen LogP contribution < -0.4 is 0 Å². The van der Waals surface area contributed by atoms with Gasteiger partial charge in [0.2, 0.25) is 0 Å². The van der Waals surface area contributed by atoms with E-state index >= 15 is 0 Å². The molecule has 2 atom stereocenters. The first-order valence-electron chi connectivity index (χ1n) is 6.88. The maximum absolute atomic E-state index is 11.9. The van der Waals surface area contributed by atoms with Gasteiger partial charge in [0, 0.05) is 5.92 Å². The van der Waals surface area contributed by atoms with E-state index in [1.54, 1.807) is 12.1 Å². The van der Waals surface area contributed by atoms with E-state index in [-0.39, 0.29) is 5.92 Å². The highest BCUT2D eigenvalue weighted by Gasteiger charge is 2.31. The molecular weight excluding hydrogens is 284 g/mol. The smallest absolute Gasteiger partial charge is 0.272 e. The van der Waals surface area contributed by atoms with Crippen LogP contribution in [0.1, 0.15) is 40.3 Å². The lowest BCUT2D eigenvalue weighted by atomic mass is 9.92. The molecule has 3 nitrogen and oxygen atoms in total. The van der Waals surface area contributed by atoms with E-state index in [1.807, 2.05) is 57.2 Å². The van der Waals surface area contributed by atoms with Gasteiger partial charge in [0.1, 0.15) is 5.25 Å². The number of hydrogen-bond donors (Lipinski definition) is 1. The van der Waals surface area contributed by atoms with Crippen LogP contribution >= 0.6 is 0 Å². The lowest BCUT2D eigenvalue weighted by molar-refractivity contribution is 0.458. The molecular formula is C17H20O3S. The van der Waals surface area contributed by atoms with E-state index in [9.17, 15) is 13.0 Å². The van der Waals surface area contributed by atoms with Gasteiger partial charge in [0.15, 0.2) is 0 Å². The highest BCUT2D eigenvalue weighted by atomic mass is 32.2. The molecule has 112 valence electrons. The van der Waals surface area contributed by atoms with Crippen LogP contribution in [0.15, 0.2) is 48.5 Å². The molecule has 2 rings (SSSR count). The molecule has 0 spiro atoms. The molecule has 2 unspecified atom stereocenters. The molecule has 0 aliphatic heterocycles. The number of rotatable bonds is 4. The molecule has 0 fully saturated rings. The van der Waals surface area contributed by atoms with E-state index < -0.39 is 15.4 Å². The van der Waals surface area contributed by atoms with Crippen molar-refractivity contribution in [3.63, 3.8) is 0 Å². The van der Waals surface area contributed by atoms with Gasteiger partial charge in [-0.3, -0.25) is 4.55 Å². The van der Waals surface area contributed by atoms with Crippen LogP contribution in [0.5, 0.6) is 0 Å². The minimum absolute atomic E-state index is 0.330. The van der Waals surface area contributed by atoms with Crippen LogP contribution in [0, 0.1) is 13.8 Å². The van der Waals surface area contributed by atoms with Crippen molar-refractivity contribution in [2.45, 2.75) is 31.9 Å². The van der Waals surface area contributed by atoms with E-state index in [4.69, 9.17) is 0 Å². The Balaban J connectivity index is 2.46. The Bertz CT molecular complexity index is 701. The molecule has 0 radical (unpaired) electrons. The average Bonchev–Trinajstić information content (AvgIpc) is 2.40. The SMILES string of the molecule is Cc1ccc(C(C)C(c2ccc(C)cc2)S(=O)(=O)O)cc1. The summed E-state index contributed by atoms with van der Waals surface area (Å²) in [6, 6.07) is 14.9. The van der Waals surface area contributed by atoms with Crippen molar-refractivity contribution in [1.82, 2.24) is 0 Å². The molecule has 0 bridgehead atoms. The predicted octanol–water partition coefficient (Wildman–Crippen LogP) is 4.04. The minimum Gasteiger partial charge on any atom is -0.285 e. The van der Waals surface area contributed by atoms with Crippen LogP contribution in [-0.4, -0.2) is 13.0 Å². The fourth-order valence-corrected chi connectivity index (χ4v) is 3.69. The highest BCUT2D eigenvalue weighted by Crippen LogP contribution is 2.36. The molecule has 0 saturated heterocycles. The third-order valence-corrected chi connectivity index (χ3v) is 5.11. The van der Waals surface area contributed by atoms with Gasteiger partial charge >= 0.3 is 0 Å². The topological polar surface area (TPSA) is 54.4 Å². The standard InChI is InChI=1S/C17H20O3S/c1-12-4-8-15(9-5-12)14(3)17(21(18,19)20)16-10-6-13(2)7-11-16/h4-11,14,17H,1-3H3,(H,18,19,20). The maximum Gasteiger partial charge on any atom is 0.272 e. The molecule has 2 aromatic carbocycles.